The smallest absolute Gasteiger partial charge is 0.264 e. The third-order valence-electron chi connectivity index (χ3n) is 6.98. The van der Waals surface area contributed by atoms with Gasteiger partial charge >= 0.3 is 0 Å². The minimum Gasteiger partial charge on any atom is -0.457 e. The van der Waals surface area contributed by atoms with Crippen molar-refractivity contribution in [3.8, 4) is 11.5 Å². The number of amides is 2. The maximum Gasteiger partial charge on any atom is 0.264 e. The Hall–Kier alpha value is -4.05. The van der Waals surface area contributed by atoms with Crippen LogP contribution in [0.4, 0.5) is 5.69 Å². The predicted molar refractivity (Wildman–Crippen MR) is 174 cm³/mol. The van der Waals surface area contributed by atoms with Gasteiger partial charge in [0.1, 0.15) is 24.1 Å². The van der Waals surface area contributed by atoms with Gasteiger partial charge in [-0.3, -0.25) is 13.9 Å². The van der Waals surface area contributed by atoms with Crippen LogP contribution in [0.15, 0.2) is 102 Å². The number of hydrogen-bond donors (Lipinski definition) is 1. The van der Waals surface area contributed by atoms with Gasteiger partial charge in [0.25, 0.3) is 10.0 Å². The van der Waals surface area contributed by atoms with Crippen LogP contribution >= 0.6 is 23.2 Å². The number of nitrogens with zero attached hydrogens (tertiary/aromatic N) is 2. The number of rotatable bonds is 12. The van der Waals surface area contributed by atoms with Crippen LogP contribution in [0, 0.1) is 6.92 Å². The summed E-state index contributed by atoms with van der Waals surface area (Å²) in [5.41, 5.74) is 1.69. The van der Waals surface area contributed by atoms with E-state index in [9.17, 15) is 18.0 Å². The first-order chi connectivity index (χ1) is 21.0. The van der Waals surface area contributed by atoms with E-state index < -0.39 is 28.5 Å². The summed E-state index contributed by atoms with van der Waals surface area (Å²) in [7, 11) is -2.73. The van der Waals surface area contributed by atoms with Gasteiger partial charge in [0.2, 0.25) is 11.8 Å². The third kappa shape index (κ3) is 7.91. The van der Waals surface area contributed by atoms with Crippen LogP contribution in [0.1, 0.15) is 24.5 Å². The number of carbonyl (C=O) groups excluding carboxylic acids is 2. The summed E-state index contributed by atoms with van der Waals surface area (Å²) in [5, 5.41) is 3.34. The molecule has 44 heavy (non-hydrogen) atoms. The number of sulfonamides is 1. The van der Waals surface area contributed by atoms with Crippen molar-refractivity contribution in [2.75, 3.05) is 17.9 Å². The number of nitrogens with one attached hydrogen (secondary N) is 1. The molecule has 0 aromatic heterocycles. The molecule has 4 aromatic carbocycles. The number of halogens is 2. The van der Waals surface area contributed by atoms with Crippen molar-refractivity contribution in [2.24, 2.45) is 0 Å². The van der Waals surface area contributed by atoms with E-state index in [1.165, 1.54) is 24.1 Å². The molecule has 0 aliphatic carbocycles. The SMILES string of the molecule is CC[C@H](C(=O)NC)N(Cc1ccc(Cl)cc1Cl)C(=O)CN(c1ccc(Oc2ccccc2)cc1)S(=O)(=O)c1ccc(C)cc1. The molecule has 0 radical (unpaired) electrons. The quantitative estimate of drug-likeness (QED) is 0.181. The van der Waals surface area contributed by atoms with E-state index >= 15 is 0 Å². The molecule has 0 aliphatic rings. The first-order valence-electron chi connectivity index (χ1n) is 13.9. The Morgan fingerprint density at radius 2 is 1.52 bits per heavy atom. The molecule has 0 unspecified atom stereocenters. The van der Waals surface area contributed by atoms with E-state index in [0.717, 1.165) is 9.87 Å². The van der Waals surface area contributed by atoms with Gasteiger partial charge in [0.15, 0.2) is 0 Å². The van der Waals surface area contributed by atoms with E-state index in [0.29, 0.717) is 27.1 Å². The number of carbonyl (C=O) groups is 2. The van der Waals surface area contributed by atoms with E-state index in [1.807, 2.05) is 25.1 Å². The zero-order valence-corrected chi connectivity index (χ0v) is 26.9. The summed E-state index contributed by atoms with van der Waals surface area (Å²) >= 11 is 12.5. The number of para-hydroxylation sites is 1. The highest BCUT2D eigenvalue weighted by Gasteiger charge is 2.33. The Morgan fingerprint density at radius 3 is 2.11 bits per heavy atom. The molecule has 230 valence electrons. The molecule has 0 heterocycles. The fourth-order valence-corrected chi connectivity index (χ4v) is 6.47. The molecule has 2 amide bonds. The van der Waals surface area contributed by atoms with Gasteiger partial charge < -0.3 is 15.0 Å². The Balaban J connectivity index is 1.73. The second-order valence-electron chi connectivity index (χ2n) is 10.0. The monoisotopic (exact) mass is 653 g/mol. The average molecular weight is 655 g/mol. The summed E-state index contributed by atoms with van der Waals surface area (Å²) in [6.07, 6.45) is 0.285. The highest BCUT2D eigenvalue weighted by molar-refractivity contribution is 7.92. The van der Waals surface area contributed by atoms with Gasteiger partial charge in [0.05, 0.1) is 10.6 Å². The summed E-state index contributed by atoms with van der Waals surface area (Å²) in [4.78, 5) is 28.4. The summed E-state index contributed by atoms with van der Waals surface area (Å²) in [6, 6.07) is 26.0. The van der Waals surface area contributed by atoms with Crippen LogP contribution in [0.5, 0.6) is 11.5 Å². The first kappa shape index (κ1) is 32.9. The minimum atomic E-state index is -4.22. The van der Waals surface area contributed by atoms with Gasteiger partial charge in [-0.1, -0.05) is 72.1 Å². The minimum absolute atomic E-state index is 0.0196. The maximum absolute atomic E-state index is 14.1. The van der Waals surface area contributed by atoms with E-state index in [2.05, 4.69) is 5.32 Å². The molecule has 0 saturated carbocycles. The Morgan fingerprint density at radius 1 is 0.886 bits per heavy atom. The highest BCUT2D eigenvalue weighted by atomic mass is 35.5. The van der Waals surface area contributed by atoms with Crippen LogP contribution in [-0.4, -0.2) is 44.8 Å². The Labute approximate surface area is 268 Å². The lowest BCUT2D eigenvalue weighted by Gasteiger charge is -2.33. The molecule has 1 atom stereocenters. The number of ether oxygens (including phenoxy) is 1. The van der Waals surface area contributed by atoms with Crippen molar-refractivity contribution in [1.29, 1.82) is 0 Å². The molecule has 11 heteroatoms. The Kier molecular flexibility index (Phi) is 10.9. The molecule has 0 fully saturated rings. The molecule has 0 saturated heterocycles. The van der Waals surface area contributed by atoms with Crippen molar-refractivity contribution in [1.82, 2.24) is 10.2 Å². The van der Waals surface area contributed by atoms with Crippen LogP contribution in [0.25, 0.3) is 0 Å². The van der Waals surface area contributed by atoms with Crippen molar-refractivity contribution >= 4 is 50.7 Å². The third-order valence-corrected chi connectivity index (χ3v) is 9.35. The van der Waals surface area contributed by atoms with Crippen molar-refractivity contribution in [2.45, 2.75) is 37.8 Å². The first-order valence-corrected chi connectivity index (χ1v) is 16.1. The van der Waals surface area contributed by atoms with Crippen LogP contribution in [0.3, 0.4) is 0 Å². The zero-order chi connectivity index (χ0) is 31.9. The van der Waals surface area contributed by atoms with Gasteiger partial charge in [-0.05, 0) is 79.6 Å². The standard InChI is InChI=1S/C33H33Cl2N3O5S/c1-4-31(33(40)36-3)37(21-24-12-13-25(34)20-30(24)35)32(39)22-38(44(41,42)29-18-10-23(2)11-19-29)26-14-16-28(17-15-26)43-27-8-6-5-7-9-27/h5-20,31H,4,21-22H2,1-3H3,(H,36,40)/t31-/m1/s1. The molecule has 0 spiro atoms. The zero-order valence-electron chi connectivity index (χ0n) is 24.5. The molecule has 4 aromatic rings. The van der Waals surface area contributed by atoms with E-state index in [4.69, 9.17) is 27.9 Å². The lowest BCUT2D eigenvalue weighted by atomic mass is 10.1. The molecule has 1 N–H and O–H groups in total. The molecular formula is C33H33Cl2N3O5S. The van der Waals surface area contributed by atoms with Gasteiger partial charge in [0, 0.05) is 23.6 Å². The summed E-state index contributed by atoms with van der Waals surface area (Å²) in [5.74, 6) is 0.132. The topological polar surface area (TPSA) is 96.0 Å². The van der Waals surface area contributed by atoms with Crippen molar-refractivity contribution in [3.05, 3.63) is 118 Å². The molecule has 8 nitrogen and oxygen atoms in total. The van der Waals surface area contributed by atoms with Crippen LogP contribution in [0.2, 0.25) is 10.0 Å². The number of aryl methyl sites for hydroxylation is 1. The average Bonchev–Trinajstić information content (AvgIpc) is 3.01. The number of hydrogen-bond acceptors (Lipinski definition) is 5. The normalized spacial score (nSPS) is 11.8. The second kappa shape index (κ2) is 14.6. The molecule has 0 aliphatic heterocycles. The van der Waals surface area contributed by atoms with Crippen LogP contribution in [-0.2, 0) is 26.2 Å². The lowest BCUT2D eigenvalue weighted by molar-refractivity contribution is -0.140. The van der Waals surface area contributed by atoms with Gasteiger partial charge in [-0.2, -0.15) is 0 Å². The largest absolute Gasteiger partial charge is 0.457 e. The molecule has 4 rings (SSSR count). The second-order valence-corrected chi connectivity index (χ2v) is 12.7. The van der Waals surface area contributed by atoms with Crippen molar-refractivity contribution < 1.29 is 22.7 Å². The summed E-state index contributed by atoms with van der Waals surface area (Å²) in [6.45, 7) is 3.01. The fraction of sp³-hybridized carbons (Fsp3) is 0.212. The lowest BCUT2D eigenvalue weighted by Crippen LogP contribution is -2.51. The Bertz CT molecular complexity index is 1700. The predicted octanol–water partition coefficient (Wildman–Crippen LogP) is 6.84. The van der Waals surface area contributed by atoms with E-state index in [1.54, 1.807) is 73.7 Å². The number of likely N-dealkylation sites (N-methyl/N-ethyl adjacent to an activating group) is 1. The maximum atomic E-state index is 14.1. The molecule has 0 bridgehead atoms. The summed E-state index contributed by atoms with van der Waals surface area (Å²) < 4.78 is 35.1. The fourth-order valence-electron chi connectivity index (χ4n) is 4.59. The number of benzene rings is 4. The van der Waals surface area contributed by atoms with Crippen LogP contribution < -0.4 is 14.4 Å². The van der Waals surface area contributed by atoms with Gasteiger partial charge in [-0.25, -0.2) is 8.42 Å². The highest BCUT2D eigenvalue weighted by Crippen LogP contribution is 2.29. The van der Waals surface area contributed by atoms with Gasteiger partial charge in [-0.15, -0.1) is 0 Å². The molecular weight excluding hydrogens is 621 g/mol. The van der Waals surface area contributed by atoms with E-state index in [-0.39, 0.29) is 29.5 Å². The van der Waals surface area contributed by atoms with Crippen molar-refractivity contribution in [3.63, 3.8) is 0 Å². The number of anilines is 1.